The first-order valence-corrected chi connectivity index (χ1v) is 8.20. The monoisotopic (exact) mass is 389 g/mol. The Kier molecular flexibility index (Phi) is 4.90. The molecule has 2 rings (SSSR count). The second-order valence-corrected chi connectivity index (χ2v) is 6.34. The molecule has 0 N–H and O–H groups in total. The second-order valence-electron chi connectivity index (χ2n) is 4.84. The Balaban J connectivity index is 2.22. The van der Waals surface area contributed by atoms with Gasteiger partial charge < -0.3 is 9.64 Å². The van der Waals surface area contributed by atoms with E-state index in [2.05, 4.69) is 38.8 Å². The molecule has 1 heterocycles. The average Bonchev–Trinajstić information content (AvgIpc) is 2.78. The van der Waals surface area contributed by atoms with Crippen molar-refractivity contribution >= 4 is 37.8 Å². The van der Waals surface area contributed by atoms with Gasteiger partial charge in [-0.1, -0.05) is 22.9 Å². The van der Waals surface area contributed by atoms with Crippen LogP contribution in [0, 0.1) is 5.92 Å². The molecule has 0 aromatic heterocycles. The number of alkyl halides is 1. The third-order valence-electron chi connectivity index (χ3n) is 3.70. The molecule has 0 radical (unpaired) electrons. The van der Waals surface area contributed by atoms with Crippen LogP contribution in [0.2, 0.25) is 0 Å². The van der Waals surface area contributed by atoms with E-state index in [1.54, 1.807) is 7.11 Å². The molecule has 5 heteroatoms. The van der Waals surface area contributed by atoms with Gasteiger partial charge in [-0.15, -0.1) is 0 Å². The van der Waals surface area contributed by atoms with Crippen LogP contribution in [0.1, 0.15) is 23.7 Å². The van der Waals surface area contributed by atoms with Crippen molar-refractivity contribution in [2.45, 2.75) is 19.4 Å². The van der Waals surface area contributed by atoms with E-state index < -0.39 is 0 Å². The van der Waals surface area contributed by atoms with Gasteiger partial charge in [0.2, 0.25) is 0 Å². The second kappa shape index (κ2) is 6.27. The van der Waals surface area contributed by atoms with E-state index in [-0.39, 0.29) is 11.9 Å². The molecule has 1 saturated heterocycles. The average molecular weight is 391 g/mol. The molecule has 1 aromatic rings. The van der Waals surface area contributed by atoms with Crippen LogP contribution in [0.15, 0.2) is 22.7 Å². The normalized spacial score (nSPS) is 22.6. The number of nitrogens with zero attached hydrogens (tertiary/aromatic N) is 1. The van der Waals surface area contributed by atoms with Crippen molar-refractivity contribution in [1.82, 2.24) is 4.90 Å². The summed E-state index contributed by atoms with van der Waals surface area (Å²) in [6.45, 7) is 3.03. The maximum absolute atomic E-state index is 12.6. The molecule has 3 nitrogen and oxygen atoms in total. The van der Waals surface area contributed by atoms with Crippen molar-refractivity contribution < 1.29 is 9.53 Å². The number of halogens is 2. The molecule has 1 amide bonds. The number of carbonyl (C=O) groups is 1. The van der Waals surface area contributed by atoms with Gasteiger partial charge in [0.1, 0.15) is 5.75 Å². The minimum atomic E-state index is 0.0946. The van der Waals surface area contributed by atoms with Crippen LogP contribution in [0.5, 0.6) is 5.75 Å². The standard InChI is InChI=1S/C14H17Br2NO2/c1-9-5-6-17(12(9)8-15)14(18)10-3-4-13(19-2)11(16)7-10/h3-4,7,9,12H,5-6,8H2,1-2H3. The number of rotatable bonds is 3. The minimum absolute atomic E-state index is 0.0946. The molecular formula is C14H17Br2NO2. The van der Waals surface area contributed by atoms with Crippen molar-refractivity contribution in [1.29, 1.82) is 0 Å². The summed E-state index contributed by atoms with van der Waals surface area (Å²) in [7, 11) is 1.62. The number of amides is 1. The fourth-order valence-electron chi connectivity index (χ4n) is 2.46. The van der Waals surface area contributed by atoms with Crippen LogP contribution >= 0.6 is 31.9 Å². The lowest BCUT2D eigenvalue weighted by molar-refractivity contribution is 0.0738. The highest BCUT2D eigenvalue weighted by molar-refractivity contribution is 9.10. The first kappa shape index (κ1) is 14.9. The number of likely N-dealkylation sites (tertiary alicyclic amines) is 1. The van der Waals surface area contributed by atoms with E-state index in [9.17, 15) is 4.79 Å². The van der Waals surface area contributed by atoms with Gasteiger partial charge in [0.05, 0.1) is 11.6 Å². The topological polar surface area (TPSA) is 29.5 Å². The van der Waals surface area contributed by atoms with Crippen LogP contribution in [0.25, 0.3) is 0 Å². The lowest BCUT2D eigenvalue weighted by atomic mass is 10.0. The Morgan fingerprint density at radius 2 is 2.26 bits per heavy atom. The van der Waals surface area contributed by atoms with E-state index >= 15 is 0 Å². The first-order chi connectivity index (χ1) is 9.08. The SMILES string of the molecule is COc1ccc(C(=O)N2CCC(C)C2CBr)cc1Br. The maximum Gasteiger partial charge on any atom is 0.254 e. The van der Waals surface area contributed by atoms with Crippen LogP contribution in [0.3, 0.4) is 0 Å². The Hall–Kier alpha value is -0.550. The number of ether oxygens (including phenoxy) is 1. The molecule has 104 valence electrons. The smallest absolute Gasteiger partial charge is 0.254 e. The molecule has 2 atom stereocenters. The predicted molar refractivity (Wildman–Crippen MR) is 83.1 cm³/mol. The van der Waals surface area contributed by atoms with Crippen molar-refractivity contribution in [3.05, 3.63) is 28.2 Å². The molecule has 1 fully saturated rings. The van der Waals surface area contributed by atoms with Crippen molar-refractivity contribution in [2.75, 3.05) is 19.0 Å². The summed E-state index contributed by atoms with van der Waals surface area (Å²) in [4.78, 5) is 14.5. The lowest BCUT2D eigenvalue weighted by Gasteiger charge is -2.25. The molecule has 1 aliphatic rings. The van der Waals surface area contributed by atoms with Gasteiger partial charge >= 0.3 is 0 Å². The molecule has 0 spiro atoms. The Morgan fingerprint density at radius 3 is 2.84 bits per heavy atom. The van der Waals surface area contributed by atoms with E-state index in [0.717, 1.165) is 28.5 Å². The molecule has 0 saturated carbocycles. The number of methoxy groups -OCH3 is 1. The molecule has 2 unspecified atom stereocenters. The zero-order chi connectivity index (χ0) is 14.0. The van der Waals surface area contributed by atoms with Crippen molar-refractivity contribution in [3.63, 3.8) is 0 Å². The first-order valence-electron chi connectivity index (χ1n) is 6.29. The number of benzene rings is 1. The summed E-state index contributed by atoms with van der Waals surface area (Å²) in [6, 6.07) is 5.75. The van der Waals surface area contributed by atoms with Crippen molar-refractivity contribution in [3.8, 4) is 5.75 Å². The highest BCUT2D eigenvalue weighted by atomic mass is 79.9. The van der Waals surface area contributed by atoms with Gasteiger partial charge in [0.15, 0.2) is 0 Å². The third-order valence-corrected chi connectivity index (χ3v) is 4.98. The summed E-state index contributed by atoms with van der Waals surface area (Å²) < 4.78 is 5.99. The van der Waals surface area contributed by atoms with Gasteiger partial charge in [0.25, 0.3) is 5.91 Å². The molecule has 1 aliphatic heterocycles. The summed E-state index contributed by atoms with van der Waals surface area (Å²) >= 11 is 6.94. The molecule has 0 bridgehead atoms. The predicted octanol–water partition coefficient (Wildman–Crippen LogP) is 3.70. The zero-order valence-electron chi connectivity index (χ0n) is 11.0. The summed E-state index contributed by atoms with van der Waals surface area (Å²) in [5.41, 5.74) is 0.702. The third kappa shape index (κ3) is 2.97. The van der Waals surface area contributed by atoms with Crippen LogP contribution in [0.4, 0.5) is 0 Å². The fourth-order valence-corrected chi connectivity index (χ4v) is 3.99. The van der Waals surface area contributed by atoms with E-state index in [1.165, 1.54) is 0 Å². The number of hydrogen-bond donors (Lipinski definition) is 0. The minimum Gasteiger partial charge on any atom is -0.496 e. The Bertz CT molecular complexity index is 479. The van der Waals surface area contributed by atoms with Crippen LogP contribution in [-0.4, -0.2) is 35.8 Å². The zero-order valence-corrected chi connectivity index (χ0v) is 14.2. The molecule has 0 aliphatic carbocycles. The molecule has 1 aromatic carbocycles. The number of hydrogen-bond acceptors (Lipinski definition) is 2. The quantitative estimate of drug-likeness (QED) is 0.736. The van der Waals surface area contributed by atoms with Crippen LogP contribution < -0.4 is 4.74 Å². The Labute approximate surface area is 130 Å². The maximum atomic E-state index is 12.6. The molecule has 19 heavy (non-hydrogen) atoms. The summed E-state index contributed by atoms with van der Waals surface area (Å²) in [6.07, 6.45) is 1.07. The lowest BCUT2D eigenvalue weighted by Crippen LogP contribution is -2.38. The van der Waals surface area contributed by atoms with Gasteiger partial charge in [-0.05, 0) is 46.5 Å². The van der Waals surface area contributed by atoms with E-state index in [4.69, 9.17) is 4.74 Å². The number of carbonyl (C=O) groups excluding carboxylic acids is 1. The van der Waals surface area contributed by atoms with Gasteiger partial charge in [-0.3, -0.25) is 4.79 Å². The highest BCUT2D eigenvalue weighted by Crippen LogP contribution is 2.30. The highest BCUT2D eigenvalue weighted by Gasteiger charge is 2.34. The van der Waals surface area contributed by atoms with Gasteiger partial charge in [-0.25, -0.2) is 0 Å². The Morgan fingerprint density at radius 1 is 1.53 bits per heavy atom. The van der Waals surface area contributed by atoms with Gasteiger partial charge in [0, 0.05) is 23.5 Å². The molecular weight excluding hydrogens is 374 g/mol. The largest absolute Gasteiger partial charge is 0.496 e. The fraction of sp³-hybridized carbons (Fsp3) is 0.500. The summed E-state index contributed by atoms with van der Waals surface area (Å²) in [5, 5.41) is 0.831. The van der Waals surface area contributed by atoms with Crippen molar-refractivity contribution in [2.24, 2.45) is 5.92 Å². The van der Waals surface area contributed by atoms with E-state index in [1.807, 2.05) is 23.1 Å². The van der Waals surface area contributed by atoms with Crippen LogP contribution in [-0.2, 0) is 0 Å². The summed E-state index contributed by atoms with van der Waals surface area (Å²) in [5.74, 6) is 1.38. The van der Waals surface area contributed by atoms with E-state index in [0.29, 0.717) is 11.5 Å². The van der Waals surface area contributed by atoms with Gasteiger partial charge in [-0.2, -0.15) is 0 Å².